The van der Waals surface area contributed by atoms with E-state index in [2.05, 4.69) is 0 Å². The van der Waals surface area contributed by atoms with Crippen LogP contribution in [0.1, 0.15) is 0 Å². The molecule has 0 aromatic rings. The van der Waals surface area contributed by atoms with Crippen molar-refractivity contribution >= 4 is 0 Å². The van der Waals surface area contributed by atoms with Gasteiger partial charge < -0.3 is 29.7 Å². The van der Waals surface area contributed by atoms with Gasteiger partial charge in [0.15, 0.2) is 0 Å². The molecule has 0 fully saturated rings. The Kier molecular flexibility index (Phi) is 2880. The number of hydrogen-bond donors (Lipinski definition) is 0. The summed E-state index contributed by atoms with van der Waals surface area (Å²) in [7, 11) is 0. The molecule has 0 saturated heterocycles. The minimum Gasteiger partial charge on any atom is -0.358 e. The second-order valence-electron chi connectivity index (χ2n) is 0. The number of hydrogen-bond acceptors (Lipinski definition) is 0. The first-order valence-corrected chi connectivity index (χ1v) is 0. The molecule has 0 aliphatic heterocycles. The van der Waals surface area contributed by atoms with Gasteiger partial charge in [-0.1, -0.05) is 0 Å². The van der Waals surface area contributed by atoms with Crippen LogP contribution >= 0.6 is 0 Å². The minimum atomic E-state index is 0. The van der Waals surface area contributed by atoms with E-state index in [9.17, 15) is 0 Å². The van der Waals surface area contributed by atoms with Gasteiger partial charge in [-0.2, -0.15) is 0 Å². The van der Waals surface area contributed by atoms with Crippen molar-refractivity contribution in [2.75, 3.05) is 0 Å². The monoisotopic (exact) mass is 4060 g/mol. The van der Waals surface area contributed by atoms with Crippen molar-refractivity contribution in [2.24, 2.45) is 0 Å². The maximum absolute atomic E-state index is 0. The molecule has 0 unspecified atom stereocenters. The molecule has 0 heterocycles. The van der Waals surface area contributed by atoms with E-state index in [1.54, 1.807) is 0 Å². The molecular weight excluding hydrogens is 4050 g/mol. The normalized spacial score (nSPS) is 0. The van der Waals surface area contributed by atoms with E-state index in [1.165, 1.54) is 0 Å². The van der Waals surface area contributed by atoms with Crippen LogP contribution in [0.25, 0.3) is 0 Å². The van der Waals surface area contributed by atoms with Crippen LogP contribution in [0.15, 0.2) is 0 Å². The average molecular weight is 4060 g/mol. The standard InChI is InChI=1S/4CH3.45Y/h4*1H3;;;;;;;;;;;;;;;;;;;;;;;;;;;;;;;;;;;;;;;;;;;;;/q4*-1;;;;;;;;;;;;;;;;;;;;;;;;;;;;;;;;;;;;;;;;;;;;;+3. The van der Waals surface area contributed by atoms with Crippen molar-refractivity contribution < 1.29 is 1470 Å². The van der Waals surface area contributed by atoms with Crippen LogP contribution in [0.5, 0.6) is 0 Å². The Morgan fingerprint density at radius 2 is 0.0612 bits per heavy atom. The van der Waals surface area contributed by atoms with Crippen molar-refractivity contribution in [1.29, 1.82) is 0 Å². The summed E-state index contributed by atoms with van der Waals surface area (Å²) in [5.41, 5.74) is 0. The van der Waals surface area contributed by atoms with Crippen molar-refractivity contribution in [3.8, 4) is 0 Å². The van der Waals surface area contributed by atoms with E-state index in [1.807, 2.05) is 0 Å². The first-order chi connectivity index (χ1) is 0. The summed E-state index contributed by atoms with van der Waals surface area (Å²) >= 11 is 0. The average Bonchev–Trinajstić information content (AvgIpc) is 0. The van der Waals surface area contributed by atoms with E-state index in [0.717, 1.165) is 0 Å². The van der Waals surface area contributed by atoms with Gasteiger partial charge in [0.05, 0.1) is 0 Å². The third-order valence-electron chi connectivity index (χ3n) is 0. The molecule has 0 amide bonds. The second-order valence-corrected chi connectivity index (χ2v) is 0. The van der Waals surface area contributed by atoms with Crippen LogP contribution in [-0.4, -0.2) is 0 Å². The zero-order valence-electron chi connectivity index (χ0n) is 30.0. The summed E-state index contributed by atoms with van der Waals surface area (Å²) in [4.78, 5) is 0. The first kappa shape index (κ1) is 382. The summed E-state index contributed by atoms with van der Waals surface area (Å²) in [6.45, 7) is 0. The Morgan fingerprint density at radius 1 is 0.0612 bits per heavy atom. The molecule has 0 N–H and O–H groups in total. The Hall–Kier alpha value is 49.7. The van der Waals surface area contributed by atoms with Crippen LogP contribution in [0.2, 0.25) is 0 Å². The molecule has 0 aromatic carbocycles. The topological polar surface area (TPSA) is 0 Å². The summed E-state index contributed by atoms with van der Waals surface area (Å²) in [5, 5.41) is 0. The van der Waals surface area contributed by atoms with E-state index in [0.29, 0.717) is 0 Å². The summed E-state index contributed by atoms with van der Waals surface area (Å²) in [5.74, 6) is 0. The SMILES string of the molecule is [CH3-].[CH3-].[CH3-].[CH3-].[Y+3].[Y].[Y].[Y].[Y].[Y].[Y].[Y].[Y].[Y].[Y].[Y].[Y].[Y].[Y].[Y].[Y].[Y].[Y].[Y].[Y].[Y].[Y].[Y].[Y].[Y].[Y].[Y].[Y].[Y].[Y].[Y].[Y].[Y].[Y].[Y].[Y].[Y].[Y].[Y].[Y].[Y].[Y].[Y].[Y]. The van der Waals surface area contributed by atoms with E-state index >= 15 is 0 Å². The predicted molar refractivity (Wildman–Crippen MR) is 25.7 cm³/mol. The van der Waals surface area contributed by atoms with E-state index in [4.69, 9.17) is 0 Å². The smallest absolute Gasteiger partial charge is 0.358 e. The Balaban J connectivity index is 0. The van der Waals surface area contributed by atoms with Crippen LogP contribution in [0.4, 0.5) is 0 Å². The fraction of sp³-hybridized carbons (Fsp3) is 0. The molecule has 0 nitrogen and oxygen atoms in total. The van der Waals surface area contributed by atoms with E-state index in [-0.39, 0.29) is 1500 Å². The quantitative estimate of drug-likeness (QED) is 0.325. The fourth-order valence-electron chi connectivity index (χ4n) is 0. The maximum Gasteiger partial charge on any atom is 3.00 e. The minimum absolute atomic E-state index is 0. The molecule has 0 aliphatic carbocycles. The van der Waals surface area contributed by atoms with Gasteiger partial charge in [-0.05, 0) is 0 Å². The molecule has 44 radical (unpaired) electrons. The molecule has 0 aromatic heterocycles. The Bertz CT molecular complexity index is 20.0. The first-order valence-electron chi connectivity index (χ1n) is 0. The van der Waals surface area contributed by atoms with Crippen molar-refractivity contribution in [1.82, 2.24) is 0 Å². The zero-order valence-corrected chi connectivity index (χ0v) is 158. The molecule has 0 aliphatic rings. The second kappa shape index (κ2) is 370. The van der Waals surface area contributed by atoms with E-state index < -0.39 is 0 Å². The third kappa shape index (κ3) is 362. The van der Waals surface area contributed by atoms with Gasteiger partial charge in [0.25, 0.3) is 0 Å². The van der Waals surface area contributed by atoms with Crippen molar-refractivity contribution in [2.45, 2.75) is 0 Å². The maximum atomic E-state index is 0. The fourth-order valence-corrected chi connectivity index (χ4v) is 0. The van der Waals surface area contributed by atoms with Gasteiger partial charge in [0, 0.05) is 1440 Å². The molecule has 0 spiro atoms. The third-order valence-corrected chi connectivity index (χ3v) is 0. The molecule has 0 saturated carbocycles. The van der Waals surface area contributed by atoms with Gasteiger partial charge in [-0.25, -0.2) is 0 Å². The largest absolute Gasteiger partial charge is 3.00 e. The van der Waals surface area contributed by atoms with Gasteiger partial charge in [-0.3, -0.25) is 0 Å². The number of rotatable bonds is 0. The molecular formula is C4H12Y45-. The summed E-state index contributed by atoms with van der Waals surface area (Å²) in [6.07, 6.45) is 0. The Morgan fingerprint density at radius 3 is 0.0612 bits per heavy atom. The summed E-state index contributed by atoms with van der Waals surface area (Å²) in [6, 6.07) is 0. The molecule has 0 bridgehead atoms. The van der Waals surface area contributed by atoms with Gasteiger partial charge in [-0.15, -0.1) is 0 Å². The van der Waals surface area contributed by atoms with Crippen molar-refractivity contribution in [3.63, 3.8) is 0 Å². The molecule has 164 valence electrons. The van der Waals surface area contributed by atoms with Gasteiger partial charge in [0.2, 0.25) is 0 Å². The molecule has 45 heteroatoms. The molecule has 0 rings (SSSR count). The zero-order chi connectivity index (χ0) is 0. The van der Waals surface area contributed by atoms with Gasteiger partial charge in [0.1, 0.15) is 0 Å². The van der Waals surface area contributed by atoms with Crippen LogP contribution in [0, 0.1) is 29.7 Å². The summed E-state index contributed by atoms with van der Waals surface area (Å²) < 4.78 is 0. The molecule has 49 heavy (non-hydrogen) atoms. The predicted octanol–water partition coefficient (Wildman–Crippen LogP) is 1.69. The van der Waals surface area contributed by atoms with Crippen molar-refractivity contribution in [3.05, 3.63) is 29.7 Å². The molecule has 0 atom stereocenters. The van der Waals surface area contributed by atoms with Gasteiger partial charge >= 0.3 is 32.7 Å². The Labute approximate surface area is 1440 Å². The van der Waals surface area contributed by atoms with Crippen LogP contribution < -0.4 is 0 Å². The van der Waals surface area contributed by atoms with Crippen LogP contribution in [0.3, 0.4) is 0 Å². The van der Waals surface area contributed by atoms with Crippen LogP contribution in [-0.2, 0) is 1470 Å².